The van der Waals surface area contributed by atoms with Crippen LogP contribution in [0.5, 0.6) is 5.75 Å². The van der Waals surface area contributed by atoms with E-state index in [0.29, 0.717) is 5.75 Å². The average molecular weight is 368 g/mol. The lowest BCUT2D eigenvalue weighted by atomic mass is 10.0. The molecule has 3 N–H and O–H groups in total. The van der Waals surface area contributed by atoms with Gasteiger partial charge in [-0.25, -0.2) is 0 Å². The van der Waals surface area contributed by atoms with Gasteiger partial charge in [-0.05, 0) is 42.3 Å². The summed E-state index contributed by atoms with van der Waals surface area (Å²) in [5.74, 6) is 1.26. The maximum Gasteiger partial charge on any atom is 0.128 e. The SMILES string of the molecule is Cc1ccc(-c2ccc(-c3cc4ccc(C5=NCCN5)cc4[nH]3)nc2)cc1O. The molecule has 138 valence electrons. The van der Waals surface area contributed by atoms with E-state index in [0.717, 1.165) is 63.5 Å². The van der Waals surface area contributed by atoms with Crippen LogP contribution >= 0.6 is 0 Å². The highest BCUT2D eigenvalue weighted by molar-refractivity contribution is 6.02. The summed E-state index contributed by atoms with van der Waals surface area (Å²) in [6.45, 7) is 3.62. The van der Waals surface area contributed by atoms with Gasteiger partial charge in [0.15, 0.2) is 0 Å². The highest BCUT2D eigenvalue weighted by atomic mass is 16.3. The fourth-order valence-corrected chi connectivity index (χ4v) is 3.52. The Bertz CT molecular complexity index is 1210. The van der Waals surface area contributed by atoms with Crippen molar-refractivity contribution in [3.63, 3.8) is 0 Å². The van der Waals surface area contributed by atoms with Crippen LogP contribution in [0.2, 0.25) is 0 Å². The lowest BCUT2D eigenvalue weighted by Crippen LogP contribution is -2.19. The van der Waals surface area contributed by atoms with Crippen molar-refractivity contribution in [2.24, 2.45) is 4.99 Å². The zero-order chi connectivity index (χ0) is 19.1. The number of pyridine rings is 1. The van der Waals surface area contributed by atoms with Crippen LogP contribution in [-0.2, 0) is 0 Å². The van der Waals surface area contributed by atoms with Crippen LogP contribution in [0.25, 0.3) is 33.4 Å². The largest absolute Gasteiger partial charge is 0.508 e. The van der Waals surface area contributed by atoms with E-state index in [1.54, 1.807) is 6.07 Å². The first-order valence-electron chi connectivity index (χ1n) is 9.35. The Labute approximate surface area is 162 Å². The summed E-state index contributed by atoms with van der Waals surface area (Å²) in [6.07, 6.45) is 1.84. The van der Waals surface area contributed by atoms with Crippen molar-refractivity contribution in [3.8, 4) is 28.3 Å². The lowest BCUT2D eigenvalue weighted by Gasteiger charge is -2.05. The number of nitrogens with one attached hydrogen (secondary N) is 2. The second-order valence-corrected chi connectivity index (χ2v) is 7.08. The van der Waals surface area contributed by atoms with Gasteiger partial charge in [-0.3, -0.25) is 9.98 Å². The number of phenolic OH excluding ortho intramolecular Hbond substituents is 1. The number of amidine groups is 1. The number of aromatic nitrogens is 2. The summed E-state index contributed by atoms with van der Waals surface area (Å²) in [5.41, 5.74) is 6.82. The number of fused-ring (bicyclic) bond motifs is 1. The number of hydrogen-bond acceptors (Lipinski definition) is 4. The Morgan fingerprint density at radius 3 is 2.54 bits per heavy atom. The fourth-order valence-electron chi connectivity index (χ4n) is 3.52. The molecule has 5 rings (SSSR count). The van der Waals surface area contributed by atoms with E-state index in [-0.39, 0.29) is 0 Å². The first-order valence-corrected chi connectivity index (χ1v) is 9.35. The zero-order valence-corrected chi connectivity index (χ0v) is 15.5. The van der Waals surface area contributed by atoms with Crippen molar-refractivity contribution < 1.29 is 5.11 Å². The molecule has 0 saturated carbocycles. The van der Waals surface area contributed by atoms with Crippen molar-refractivity contribution in [1.82, 2.24) is 15.3 Å². The number of aryl methyl sites for hydroxylation is 1. The van der Waals surface area contributed by atoms with Crippen LogP contribution in [-0.4, -0.2) is 34.0 Å². The van der Waals surface area contributed by atoms with E-state index in [4.69, 9.17) is 0 Å². The van der Waals surface area contributed by atoms with Gasteiger partial charge in [-0.1, -0.05) is 30.3 Å². The summed E-state index contributed by atoms with van der Waals surface area (Å²) in [5, 5.41) is 14.4. The Kier molecular flexibility index (Phi) is 3.86. The second-order valence-electron chi connectivity index (χ2n) is 7.08. The molecule has 0 bridgehead atoms. The van der Waals surface area contributed by atoms with E-state index < -0.39 is 0 Å². The molecule has 0 unspecified atom stereocenters. The minimum absolute atomic E-state index is 0.300. The van der Waals surface area contributed by atoms with Crippen LogP contribution in [0.1, 0.15) is 11.1 Å². The molecule has 2 aromatic carbocycles. The molecule has 3 heterocycles. The highest BCUT2D eigenvalue weighted by Crippen LogP contribution is 2.28. The van der Waals surface area contributed by atoms with E-state index in [1.165, 1.54) is 0 Å². The number of aliphatic imine (C=N–C) groups is 1. The lowest BCUT2D eigenvalue weighted by molar-refractivity contribution is 0.471. The summed E-state index contributed by atoms with van der Waals surface area (Å²) in [4.78, 5) is 12.6. The third-order valence-electron chi connectivity index (χ3n) is 5.15. The minimum atomic E-state index is 0.300. The Morgan fingerprint density at radius 2 is 1.79 bits per heavy atom. The van der Waals surface area contributed by atoms with E-state index >= 15 is 0 Å². The van der Waals surface area contributed by atoms with Crippen molar-refractivity contribution in [2.45, 2.75) is 6.92 Å². The molecule has 2 aromatic heterocycles. The molecular weight excluding hydrogens is 348 g/mol. The van der Waals surface area contributed by atoms with Gasteiger partial charge in [0.2, 0.25) is 0 Å². The average Bonchev–Trinajstić information content (AvgIpc) is 3.39. The molecule has 0 amide bonds. The molecular formula is C23H20N4O. The smallest absolute Gasteiger partial charge is 0.128 e. The summed E-state index contributed by atoms with van der Waals surface area (Å²) in [7, 11) is 0. The normalized spacial score (nSPS) is 13.5. The maximum atomic E-state index is 9.94. The standard InChI is InChI=1S/C23H20N4O/c1-14-2-3-15(12-22(14)28)18-6-7-19(26-13-18)21-10-16-4-5-17(11-20(16)27-21)23-24-8-9-25-23/h2-7,10-13,27-28H,8-9H2,1H3,(H,24,25). The molecule has 1 aliphatic heterocycles. The third-order valence-corrected chi connectivity index (χ3v) is 5.15. The summed E-state index contributed by atoms with van der Waals surface area (Å²) < 4.78 is 0. The quantitative estimate of drug-likeness (QED) is 0.506. The predicted molar refractivity (Wildman–Crippen MR) is 113 cm³/mol. The van der Waals surface area contributed by atoms with Gasteiger partial charge in [-0.2, -0.15) is 0 Å². The Balaban J connectivity index is 1.47. The first-order chi connectivity index (χ1) is 13.7. The number of benzene rings is 2. The van der Waals surface area contributed by atoms with Crippen molar-refractivity contribution in [3.05, 3.63) is 71.9 Å². The molecule has 5 heteroatoms. The number of hydrogen-bond donors (Lipinski definition) is 3. The molecule has 0 aliphatic carbocycles. The first kappa shape index (κ1) is 16.6. The number of phenols is 1. The van der Waals surface area contributed by atoms with Gasteiger partial charge in [-0.15, -0.1) is 0 Å². The molecule has 28 heavy (non-hydrogen) atoms. The van der Waals surface area contributed by atoms with Gasteiger partial charge >= 0.3 is 0 Å². The summed E-state index contributed by atoms with van der Waals surface area (Å²) >= 11 is 0. The monoisotopic (exact) mass is 368 g/mol. The van der Waals surface area contributed by atoms with E-state index in [9.17, 15) is 5.11 Å². The highest BCUT2D eigenvalue weighted by Gasteiger charge is 2.11. The van der Waals surface area contributed by atoms with Gasteiger partial charge in [0.25, 0.3) is 0 Å². The molecule has 1 aliphatic rings. The molecule has 4 aromatic rings. The molecule has 0 fully saturated rings. The number of aromatic amines is 1. The number of rotatable bonds is 3. The molecule has 5 nitrogen and oxygen atoms in total. The van der Waals surface area contributed by atoms with Crippen LogP contribution in [0.15, 0.2) is 65.8 Å². The number of H-pyrrole nitrogens is 1. The topological polar surface area (TPSA) is 73.3 Å². The predicted octanol–water partition coefficient (Wildman–Crippen LogP) is 4.26. The van der Waals surface area contributed by atoms with Gasteiger partial charge < -0.3 is 15.4 Å². The Morgan fingerprint density at radius 1 is 0.929 bits per heavy atom. The molecule has 0 spiro atoms. The molecule has 0 atom stereocenters. The van der Waals surface area contributed by atoms with Crippen LogP contribution in [0.4, 0.5) is 0 Å². The number of aromatic hydroxyl groups is 1. The van der Waals surface area contributed by atoms with Gasteiger partial charge in [0, 0.05) is 34.8 Å². The van der Waals surface area contributed by atoms with Crippen LogP contribution in [0.3, 0.4) is 0 Å². The minimum Gasteiger partial charge on any atom is -0.508 e. The molecule has 0 saturated heterocycles. The summed E-state index contributed by atoms with van der Waals surface area (Å²) in [6, 6.07) is 18.2. The van der Waals surface area contributed by atoms with E-state index in [1.807, 2.05) is 37.4 Å². The van der Waals surface area contributed by atoms with E-state index in [2.05, 4.69) is 44.5 Å². The van der Waals surface area contributed by atoms with Gasteiger partial charge in [0.1, 0.15) is 11.6 Å². The van der Waals surface area contributed by atoms with Crippen LogP contribution < -0.4 is 5.32 Å². The maximum absolute atomic E-state index is 9.94. The Hall–Kier alpha value is -3.60. The number of nitrogens with zero attached hydrogens (tertiary/aromatic N) is 2. The second kappa shape index (κ2) is 6.53. The van der Waals surface area contributed by atoms with Gasteiger partial charge in [0.05, 0.1) is 17.9 Å². The molecule has 0 radical (unpaired) electrons. The fraction of sp³-hybridized carbons (Fsp3) is 0.130. The third kappa shape index (κ3) is 2.91. The zero-order valence-electron chi connectivity index (χ0n) is 15.5. The van der Waals surface area contributed by atoms with Crippen LogP contribution in [0, 0.1) is 6.92 Å². The van der Waals surface area contributed by atoms with Crippen molar-refractivity contribution in [1.29, 1.82) is 0 Å². The van der Waals surface area contributed by atoms with Crippen molar-refractivity contribution in [2.75, 3.05) is 13.1 Å². The van der Waals surface area contributed by atoms with Crippen molar-refractivity contribution >= 4 is 16.7 Å².